The molecule has 0 aliphatic carbocycles. The van der Waals surface area contributed by atoms with Gasteiger partial charge in [0, 0.05) is 6.20 Å². The molecule has 20 heavy (non-hydrogen) atoms. The summed E-state index contributed by atoms with van der Waals surface area (Å²) < 4.78 is 10.9. The van der Waals surface area contributed by atoms with Gasteiger partial charge in [0.25, 0.3) is 0 Å². The van der Waals surface area contributed by atoms with E-state index in [4.69, 9.17) is 32.7 Å². The molecular weight excluding hydrogens is 301 g/mol. The monoisotopic (exact) mass is 311 g/mol. The van der Waals surface area contributed by atoms with Crippen LogP contribution in [-0.4, -0.2) is 23.3 Å². The smallest absolute Gasteiger partial charge is 0.161 e. The zero-order valence-corrected chi connectivity index (χ0v) is 11.9. The first-order chi connectivity index (χ1) is 9.65. The molecule has 2 aromatic rings. The fourth-order valence-corrected chi connectivity index (χ4v) is 2.50. The third-order valence-electron chi connectivity index (χ3n) is 2.98. The molecule has 0 saturated heterocycles. The molecule has 0 saturated carbocycles. The van der Waals surface area contributed by atoms with E-state index in [1.807, 2.05) is 0 Å². The lowest BCUT2D eigenvalue weighted by molar-refractivity contribution is 0.169. The highest BCUT2D eigenvalue weighted by Crippen LogP contribution is 2.35. The van der Waals surface area contributed by atoms with E-state index in [0.29, 0.717) is 46.0 Å². The first-order valence-corrected chi connectivity index (χ1v) is 6.79. The van der Waals surface area contributed by atoms with E-state index >= 15 is 0 Å². The van der Waals surface area contributed by atoms with Crippen LogP contribution in [-0.2, 0) is 0 Å². The van der Waals surface area contributed by atoms with Crippen LogP contribution in [0.3, 0.4) is 0 Å². The van der Waals surface area contributed by atoms with Crippen molar-refractivity contribution in [1.82, 2.24) is 4.98 Å². The summed E-state index contributed by atoms with van der Waals surface area (Å²) in [6.07, 6.45) is 0.500. The minimum atomic E-state index is -0.949. The Morgan fingerprint density at radius 2 is 1.85 bits per heavy atom. The highest BCUT2D eigenvalue weighted by atomic mass is 35.5. The van der Waals surface area contributed by atoms with Crippen molar-refractivity contribution in [2.24, 2.45) is 0 Å². The third-order valence-corrected chi connectivity index (χ3v) is 3.49. The molecule has 0 radical (unpaired) electrons. The maximum Gasteiger partial charge on any atom is 0.161 e. The van der Waals surface area contributed by atoms with Crippen molar-refractivity contribution >= 4 is 23.2 Å². The Labute approximate surface area is 125 Å². The predicted molar refractivity (Wildman–Crippen MR) is 75.8 cm³/mol. The van der Waals surface area contributed by atoms with Gasteiger partial charge >= 0.3 is 0 Å². The molecule has 6 heteroatoms. The van der Waals surface area contributed by atoms with E-state index in [1.54, 1.807) is 24.3 Å². The number of halogens is 2. The lowest BCUT2D eigenvalue weighted by atomic mass is 10.1. The molecule has 1 N–H and O–H groups in total. The summed E-state index contributed by atoms with van der Waals surface area (Å²) in [4.78, 5) is 4.08. The van der Waals surface area contributed by atoms with Gasteiger partial charge in [-0.25, -0.2) is 0 Å². The van der Waals surface area contributed by atoms with Crippen molar-refractivity contribution in [3.63, 3.8) is 0 Å². The fraction of sp³-hybridized carbons (Fsp3) is 0.214. The molecule has 0 spiro atoms. The molecule has 0 amide bonds. The number of aliphatic hydroxyl groups is 1. The van der Waals surface area contributed by atoms with E-state index in [2.05, 4.69) is 4.98 Å². The zero-order valence-electron chi connectivity index (χ0n) is 10.3. The summed E-state index contributed by atoms with van der Waals surface area (Å²) >= 11 is 11.9. The normalized spacial score (nSPS) is 14.9. The number of nitrogens with zero attached hydrogens (tertiary/aromatic N) is 1. The third kappa shape index (κ3) is 2.54. The fourth-order valence-electron chi connectivity index (χ4n) is 2.01. The summed E-state index contributed by atoms with van der Waals surface area (Å²) in [6.45, 7) is 1.02. The van der Waals surface area contributed by atoms with Gasteiger partial charge in [0.15, 0.2) is 11.5 Å². The number of hydrogen-bond donors (Lipinski definition) is 1. The summed E-state index contributed by atoms with van der Waals surface area (Å²) in [5, 5.41) is 11.1. The van der Waals surface area contributed by atoms with Crippen LogP contribution >= 0.6 is 23.2 Å². The van der Waals surface area contributed by atoms with Crippen LogP contribution in [0, 0.1) is 0 Å². The number of ether oxygens (including phenoxy) is 2. The maximum absolute atomic E-state index is 10.4. The molecule has 1 aliphatic heterocycles. The van der Waals surface area contributed by atoms with E-state index in [0.717, 1.165) is 0 Å². The Morgan fingerprint density at radius 3 is 2.60 bits per heavy atom. The van der Waals surface area contributed by atoms with Gasteiger partial charge < -0.3 is 14.6 Å². The summed E-state index contributed by atoms with van der Waals surface area (Å²) in [6, 6.07) is 6.79. The van der Waals surface area contributed by atoms with Gasteiger partial charge in [-0.2, -0.15) is 0 Å². The first-order valence-electron chi connectivity index (χ1n) is 6.03. The second-order valence-electron chi connectivity index (χ2n) is 4.33. The Balaban J connectivity index is 1.95. The standard InChI is InChI=1S/C14H11Cl2NO3/c15-9-6-10(16)13(17-7-9)14(18)8-1-2-11-12(5-8)20-4-3-19-11/h1-2,5-7,14,18H,3-4H2. The lowest BCUT2D eigenvalue weighted by Crippen LogP contribution is -2.15. The molecule has 3 rings (SSSR count). The van der Waals surface area contributed by atoms with Crippen LogP contribution in [0.25, 0.3) is 0 Å². The highest BCUT2D eigenvalue weighted by Gasteiger charge is 2.19. The Morgan fingerprint density at radius 1 is 1.10 bits per heavy atom. The Hall–Kier alpha value is -1.49. The average Bonchev–Trinajstić information content (AvgIpc) is 2.46. The summed E-state index contributed by atoms with van der Waals surface area (Å²) in [5.74, 6) is 1.28. The molecule has 0 fully saturated rings. The van der Waals surface area contributed by atoms with Gasteiger partial charge in [-0.1, -0.05) is 29.3 Å². The maximum atomic E-state index is 10.4. The van der Waals surface area contributed by atoms with Gasteiger partial charge in [0.1, 0.15) is 19.3 Å². The van der Waals surface area contributed by atoms with Gasteiger partial charge in [-0.15, -0.1) is 0 Å². The number of benzene rings is 1. The Bertz CT molecular complexity index is 648. The van der Waals surface area contributed by atoms with Crippen LogP contribution in [0.2, 0.25) is 10.0 Å². The predicted octanol–water partition coefficient (Wildman–Crippen LogP) is 3.24. The van der Waals surface area contributed by atoms with E-state index < -0.39 is 6.10 Å². The molecule has 1 aromatic carbocycles. The van der Waals surface area contributed by atoms with Crippen molar-refractivity contribution in [3.05, 3.63) is 51.8 Å². The lowest BCUT2D eigenvalue weighted by Gasteiger charge is -2.20. The van der Waals surface area contributed by atoms with Gasteiger partial charge in [0.2, 0.25) is 0 Å². The SMILES string of the molecule is OC(c1ccc2c(c1)OCCO2)c1ncc(Cl)cc1Cl. The van der Waals surface area contributed by atoms with E-state index in [9.17, 15) is 5.11 Å². The van der Waals surface area contributed by atoms with Crippen LogP contribution in [0.4, 0.5) is 0 Å². The van der Waals surface area contributed by atoms with Crippen LogP contribution in [0.15, 0.2) is 30.5 Å². The molecule has 1 aliphatic rings. The van der Waals surface area contributed by atoms with Crippen molar-refractivity contribution in [2.75, 3.05) is 13.2 Å². The second-order valence-corrected chi connectivity index (χ2v) is 5.17. The van der Waals surface area contributed by atoms with Crippen molar-refractivity contribution < 1.29 is 14.6 Å². The van der Waals surface area contributed by atoms with Gasteiger partial charge in [-0.3, -0.25) is 4.98 Å². The molecule has 0 bridgehead atoms. The molecule has 2 heterocycles. The molecule has 4 nitrogen and oxygen atoms in total. The number of aliphatic hydroxyl groups excluding tert-OH is 1. The number of hydrogen-bond acceptors (Lipinski definition) is 4. The van der Waals surface area contributed by atoms with Crippen molar-refractivity contribution in [1.29, 1.82) is 0 Å². The number of fused-ring (bicyclic) bond motifs is 1. The number of rotatable bonds is 2. The quantitative estimate of drug-likeness (QED) is 0.925. The van der Waals surface area contributed by atoms with Crippen LogP contribution < -0.4 is 9.47 Å². The van der Waals surface area contributed by atoms with Crippen LogP contribution in [0.5, 0.6) is 11.5 Å². The van der Waals surface area contributed by atoms with E-state index in [1.165, 1.54) is 6.20 Å². The topological polar surface area (TPSA) is 51.6 Å². The molecule has 1 aromatic heterocycles. The molecule has 1 unspecified atom stereocenters. The van der Waals surface area contributed by atoms with Gasteiger partial charge in [-0.05, 0) is 23.8 Å². The zero-order chi connectivity index (χ0) is 14.1. The van der Waals surface area contributed by atoms with E-state index in [-0.39, 0.29) is 0 Å². The molecular formula is C14H11Cl2NO3. The summed E-state index contributed by atoms with van der Waals surface area (Å²) in [5.41, 5.74) is 0.985. The molecule has 1 atom stereocenters. The minimum absolute atomic E-state index is 0.319. The summed E-state index contributed by atoms with van der Waals surface area (Å²) in [7, 11) is 0. The first kappa shape index (κ1) is 13.5. The largest absolute Gasteiger partial charge is 0.486 e. The minimum Gasteiger partial charge on any atom is -0.486 e. The average molecular weight is 312 g/mol. The molecule has 104 valence electrons. The van der Waals surface area contributed by atoms with Crippen molar-refractivity contribution in [3.8, 4) is 11.5 Å². The number of aromatic nitrogens is 1. The Kier molecular flexibility index (Phi) is 3.70. The number of pyridine rings is 1. The second kappa shape index (κ2) is 5.48. The van der Waals surface area contributed by atoms with Crippen LogP contribution in [0.1, 0.15) is 17.4 Å². The van der Waals surface area contributed by atoms with Gasteiger partial charge in [0.05, 0.1) is 15.7 Å². The van der Waals surface area contributed by atoms with Crippen molar-refractivity contribution in [2.45, 2.75) is 6.10 Å². The highest BCUT2D eigenvalue weighted by molar-refractivity contribution is 6.34.